The van der Waals surface area contributed by atoms with E-state index < -0.39 is 0 Å². The third-order valence-corrected chi connectivity index (χ3v) is 7.46. The van der Waals surface area contributed by atoms with Gasteiger partial charge in [0.05, 0.1) is 6.61 Å². The zero-order chi connectivity index (χ0) is 26.9. The average Bonchev–Trinajstić information content (AvgIpc) is 2.90. The van der Waals surface area contributed by atoms with E-state index in [4.69, 9.17) is 9.84 Å². The van der Waals surface area contributed by atoms with E-state index in [0.717, 1.165) is 19.3 Å². The molecule has 0 aliphatic rings. The summed E-state index contributed by atoms with van der Waals surface area (Å²) in [6.45, 7) is 3.23. The molecule has 0 heterocycles. The fourth-order valence-corrected chi connectivity index (χ4v) is 4.93. The summed E-state index contributed by atoms with van der Waals surface area (Å²) in [5, 5.41) is 8.77. The number of esters is 1. The molecule has 0 fully saturated rings. The van der Waals surface area contributed by atoms with Crippen LogP contribution in [0.2, 0.25) is 0 Å². The standard InChI is InChI=1S/C34H66O3/c1-2-3-4-5-6-7-8-9-10-11-12-13-16-19-22-25-28-31-34(36)37-33-30-27-24-21-18-15-14-17-20-23-26-29-32-35/h7-8,35H,2-6,9-33H2,1H3. The van der Waals surface area contributed by atoms with Gasteiger partial charge in [0, 0.05) is 13.0 Å². The highest BCUT2D eigenvalue weighted by Gasteiger charge is 2.02. The first kappa shape index (κ1) is 36.2. The topological polar surface area (TPSA) is 46.5 Å². The molecule has 0 aliphatic heterocycles. The van der Waals surface area contributed by atoms with Crippen LogP contribution in [0.25, 0.3) is 0 Å². The van der Waals surface area contributed by atoms with Crippen LogP contribution in [-0.2, 0) is 9.53 Å². The van der Waals surface area contributed by atoms with Gasteiger partial charge in [-0.1, -0.05) is 147 Å². The van der Waals surface area contributed by atoms with E-state index in [-0.39, 0.29) is 5.97 Å². The number of carbonyl (C=O) groups excluding carboxylic acids is 1. The molecular formula is C34H66O3. The molecule has 0 bridgehead atoms. The van der Waals surface area contributed by atoms with Crippen molar-refractivity contribution in [3.05, 3.63) is 12.2 Å². The number of unbranched alkanes of at least 4 members (excludes halogenated alkanes) is 24. The van der Waals surface area contributed by atoms with Crippen molar-refractivity contribution >= 4 is 5.97 Å². The molecule has 0 aromatic carbocycles. The van der Waals surface area contributed by atoms with Crippen molar-refractivity contribution in [1.29, 1.82) is 0 Å². The normalized spacial score (nSPS) is 11.5. The number of rotatable bonds is 31. The molecule has 3 heteroatoms. The first-order valence-electron chi connectivity index (χ1n) is 16.7. The molecule has 0 saturated carbocycles. The van der Waals surface area contributed by atoms with Crippen molar-refractivity contribution < 1.29 is 14.6 Å². The summed E-state index contributed by atoms with van der Waals surface area (Å²) in [5.41, 5.74) is 0. The van der Waals surface area contributed by atoms with Crippen LogP contribution in [0.1, 0.15) is 187 Å². The quantitative estimate of drug-likeness (QED) is 0.0559. The van der Waals surface area contributed by atoms with Gasteiger partial charge in [0.15, 0.2) is 0 Å². The van der Waals surface area contributed by atoms with Gasteiger partial charge in [-0.05, 0) is 44.9 Å². The molecule has 0 saturated heterocycles. The highest BCUT2D eigenvalue weighted by atomic mass is 16.5. The summed E-state index contributed by atoms with van der Waals surface area (Å²) in [5.74, 6) is 0.00833. The lowest BCUT2D eigenvalue weighted by Crippen LogP contribution is -2.05. The maximum Gasteiger partial charge on any atom is 0.305 e. The Morgan fingerprint density at radius 3 is 1.35 bits per heavy atom. The van der Waals surface area contributed by atoms with Crippen LogP contribution in [0.3, 0.4) is 0 Å². The molecular weight excluding hydrogens is 456 g/mol. The largest absolute Gasteiger partial charge is 0.466 e. The second kappa shape index (κ2) is 33.2. The van der Waals surface area contributed by atoms with E-state index >= 15 is 0 Å². The molecule has 0 radical (unpaired) electrons. The summed E-state index contributed by atoms with van der Waals surface area (Å²) in [7, 11) is 0. The van der Waals surface area contributed by atoms with Crippen LogP contribution in [0.5, 0.6) is 0 Å². The van der Waals surface area contributed by atoms with E-state index in [2.05, 4.69) is 19.1 Å². The van der Waals surface area contributed by atoms with Gasteiger partial charge in [-0.15, -0.1) is 0 Å². The minimum Gasteiger partial charge on any atom is -0.466 e. The van der Waals surface area contributed by atoms with Crippen LogP contribution in [0.15, 0.2) is 12.2 Å². The van der Waals surface area contributed by atoms with E-state index in [1.807, 2.05) is 0 Å². The van der Waals surface area contributed by atoms with Crippen LogP contribution in [-0.4, -0.2) is 24.3 Å². The zero-order valence-electron chi connectivity index (χ0n) is 25.1. The lowest BCUT2D eigenvalue weighted by Gasteiger charge is -2.06. The Morgan fingerprint density at radius 2 is 0.892 bits per heavy atom. The van der Waals surface area contributed by atoms with Gasteiger partial charge in [0.2, 0.25) is 0 Å². The SMILES string of the molecule is CCCCCCC=CCCCCCCCCCCCC(=O)OCCCCCCCCCCCCCCO. The molecule has 0 aliphatic carbocycles. The van der Waals surface area contributed by atoms with E-state index in [1.165, 1.54) is 154 Å². The van der Waals surface area contributed by atoms with Crippen molar-refractivity contribution in [2.75, 3.05) is 13.2 Å². The number of ether oxygens (including phenoxy) is 1. The smallest absolute Gasteiger partial charge is 0.305 e. The molecule has 0 spiro atoms. The van der Waals surface area contributed by atoms with Crippen molar-refractivity contribution in [3.63, 3.8) is 0 Å². The van der Waals surface area contributed by atoms with Gasteiger partial charge in [-0.25, -0.2) is 0 Å². The van der Waals surface area contributed by atoms with Gasteiger partial charge in [0.25, 0.3) is 0 Å². The lowest BCUT2D eigenvalue weighted by molar-refractivity contribution is -0.143. The molecule has 0 unspecified atom stereocenters. The third-order valence-electron chi connectivity index (χ3n) is 7.46. The van der Waals surface area contributed by atoms with Gasteiger partial charge >= 0.3 is 5.97 Å². The first-order valence-corrected chi connectivity index (χ1v) is 16.7. The van der Waals surface area contributed by atoms with Gasteiger partial charge in [0.1, 0.15) is 0 Å². The van der Waals surface area contributed by atoms with Crippen molar-refractivity contribution in [3.8, 4) is 0 Å². The predicted molar refractivity (Wildman–Crippen MR) is 162 cm³/mol. The Balaban J connectivity index is 3.17. The van der Waals surface area contributed by atoms with E-state index in [0.29, 0.717) is 19.6 Å². The summed E-state index contributed by atoms with van der Waals surface area (Å²) in [4.78, 5) is 11.9. The highest BCUT2D eigenvalue weighted by Crippen LogP contribution is 2.14. The maximum absolute atomic E-state index is 11.9. The average molecular weight is 523 g/mol. The van der Waals surface area contributed by atoms with Gasteiger partial charge in [-0.3, -0.25) is 4.79 Å². The molecule has 0 aromatic heterocycles. The summed E-state index contributed by atoms with van der Waals surface area (Å²) >= 11 is 0. The molecule has 1 N–H and O–H groups in total. The minimum atomic E-state index is 0.00833. The van der Waals surface area contributed by atoms with E-state index in [1.54, 1.807) is 0 Å². The molecule has 0 aromatic rings. The van der Waals surface area contributed by atoms with Gasteiger partial charge in [-0.2, -0.15) is 0 Å². The lowest BCUT2D eigenvalue weighted by atomic mass is 10.1. The number of allylic oxidation sites excluding steroid dienone is 2. The van der Waals surface area contributed by atoms with Gasteiger partial charge < -0.3 is 9.84 Å². The fourth-order valence-electron chi connectivity index (χ4n) is 4.93. The number of carbonyl (C=O) groups is 1. The number of hydrogen-bond acceptors (Lipinski definition) is 3. The first-order chi connectivity index (χ1) is 18.3. The number of aliphatic hydroxyl groups is 1. The molecule has 0 amide bonds. The summed E-state index contributed by atoms with van der Waals surface area (Å²) in [6.07, 6.45) is 39.9. The predicted octanol–water partition coefficient (Wildman–Crippen LogP) is 11.0. The molecule has 0 atom stereocenters. The summed E-state index contributed by atoms with van der Waals surface area (Å²) < 4.78 is 5.41. The highest BCUT2D eigenvalue weighted by molar-refractivity contribution is 5.69. The van der Waals surface area contributed by atoms with Crippen LogP contribution in [0, 0.1) is 0 Å². The van der Waals surface area contributed by atoms with Crippen LogP contribution in [0.4, 0.5) is 0 Å². The van der Waals surface area contributed by atoms with Crippen molar-refractivity contribution in [1.82, 2.24) is 0 Å². The number of aliphatic hydroxyl groups excluding tert-OH is 1. The van der Waals surface area contributed by atoms with Crippen LogP contribution >= 0.6 is 0 Å². The third kappa shape index (κ3) is 33.1. The Hall–Kier alpha value is -0.830. The maximum atomic E-state index is 11.9. The van der Waals surface area contributed by atoms with Crippen molar-refractivity contribution in [2.24, 2.45) is 0 Å². The Bertz CT molecular complexity index is 460. The second-order valence-corrected chi connectivity index (χ2v) is 11.2. The molecule has 37 heavy (non-hydrogen) atoms. The Morgan fingerprint density at radius 1 is 0.514 bits per heavy atom. The number of hydrogen-bond donors (Lipinski definition) is 1. The summed E-state index contributed by atoms with van der Waals surface area (Å²) in [6, 6.07) is 0. The van der Waals surface area contributed by atoms with E-state index in [9.17, 15) is 4.79 Å². The Kier molecular flexibility index (Phi) is 32.5. The minimum absolute atomic E-state index is 0.00833. The van der Waals surface area contributed by atoms with Crippen LogP contribution < -0.4 is 0 Å². The molecule has 3 nitrogen and oxygen atoms in total. The zero-order valence-corrected chi connectivity index (χ0v) is 25.1. The Labute approximate surface area is 232 Å². The van der Waals surface area contributed by atoms with Crippen molar-refractivity contribution in [2.45, 2.75) is 187 Å². The fraction of sp³-hybridized carbons (Fsp3) is 0.912. The second-order valence-electron chi connectivity index (χ2n) is 11.2. The monoisotopic (exact) mass is 523 g/mol. The molecule has 0 rings (SSSR count). The molecule has 220 valence electrons.